The fourth-order valence-electron chi connectivity index (χ4n) is 3.25. The lowest BCUT2D eigenvalue weighted by molar-refractivity contribution is -0.134. The standard InChI is InChI=1S/C20H15FN6OS2/c21-14-7-5-13(6-8-14)20-22-25-26(24-20)12-19(28)27-16(18-4-2-10-30-18)11-15(23-27)17-3-1-9-29-17/h1-10,16H,11-12H2. The summed E-state index contributed by atoms with van der Waals surface area (Å²) in [6, 6.07) is 13.6. The number of hydrazone groups is 1. The van der Waals surface area contributed by atoms with Gasteiger partial charge in [0.2, 0.25) is 5.82 Å². The highest BCUT2D eigenvalue weighted by molar-refractivity contribution is 7.12. The molecule has 7 nitrogen and oxygen atoms in total. The Labute approximate surface area is 179 Å². The molecule has 1 aliphatic heterocycles. The van der Waals surface area contributed by atoms with Crippen LogP contribution in [0.2, 0.25) is 0 Å². The minimum atomic E-state index is -0.339. The predicted molar refractivity (Wildman–Crippen MR) is 113 cm³/mol. The zero-order valence-electron chi connectivity index (χ0n) is 15.6. The Kier molecular flexibility index (Phi) is 4.93. The van der Waals surface area contributed by atoms with Gasteiger partial charge >= 0.3 is 0 Å². The van der Waals surface area contributed by atoms with Crippen LogP contribution in [0.15, 0.2) is 64.4 Å². The second-order valence-corrected chi connectivity index (χ2v) is 8.57. The number of hydrogen-bond donors (Lipinski definition) is 0. The first kappa shape index (κ1) is 18.8. The average Bonchev–Trinajstić information content (AvgIpc) is 3.55. The van der Waals surface area contributed by atoms with Crippen LogP contribution >= 0.6 is 22.7 Å². The number of aromatic nitrogens is 4. The number of rotatable bonds is 5. The molecular formula is C20H15FN6OS2. The van der Waals surface area contributed by atoms with Crippen molar-refractivity contribution in [3.8, 4) is 11.4 Å². The molecule has 1 aliphatic rings. The predicted octanol–water partition coefficient (Wildman–Crippen LogP) is 3.98. The van der Waals surface area contributed by atoms with E-state index in [2.05, 4.69) is 20.5 Å². The SMILES string of the molecule is O=C(Cn1nnc(-c2ccc(F)cc2)n1)N1N=C(c2cccs2)CC1c1cccs1. The maximum absolute atomic E-state index is 13.1. The number of tetrazole rings is 1. The van der Waals surface area contributed by atoms with Gasteiger partial charge in [0.15, 0.2) is 0 Å². The van der Waals surface area contributed by atoms with Crippen LogP contribution < -0.4 is 0 Å². The van der Waals surface area contributed by atoms with Crippen LogP contribution in [-0.4, -0.2) is 36.8 Å². The maximum Gasteiger partial charge on any atom is 0.266 e. The van der Waals surface area contributed by atoms with Gasteiger partial charge in [-0.05, 0) is 52.4 Å². The highest BCUT2D eigenvalue weighted by Gasteiger charge is 2.34. The summed E-state index contributed by atoms with van der Waals surface area (Å²) in [5, 5.41) is 22.4. The molecule has 10 heteroatoms. The van der Waals surface area contributed by atoms with E-state index in [1.54, 1.807) is 34.8 Å². The lowest BCUT2D eigenvalue weighted by Crippen LogP contribution is -2.30. The summed E-state index contributed by atoms with van der Waals surface area (Å²) in [5.74, 6) is -0.223. The summed E-state index contributed by atoms with van der Waals surface area (Å²) in [5.41, 5.74) is 1.53. The quantitative estimate of drug-likeness (QED) is 0.472. The van der Waals surface area contributed by atoms with E-state index in [0.717, 1.165) is 15.5 Å². The minimum absolute atomic E-state index is 0.0860. The van der Waals surface area contributed by atoms with Crippen LogP contribution in [0.4, 0.5) is 4.39 Å². The first-order valence-electron chi connectivity index (χ1n) is 9.18. The van der Waals surface area contributed by atoms with Crippen molar-refractivity contribution in [2.75, 3.05) is 0 Å². The molecule has 3 aromatic heterocycles. The third-order valence-corrected chi connectivity index (χ3v) is 6.57. The van der Waals surface area contributed by atoms with Crippen LogP contribution in [-0.2, 0) is 11.3 Å². The van der Waals surface area contributed by atoms with Gasteiger partial charge in [-0.25, -0.2) is 9.40 Å². The van der Waals surface area contributed by atoms with Crippen molar-refractivity contribution in [3.05, 3.63) is 74.9 Å². The van der Waals surface area contributed by atoms with Crippen molar-refractivity contribution < 1.29 is 9.18 Å². The van der Waals surface area contributed by atoms with E-state index in [1.165, 1.54) is 21.9 Å². The van der Waals surface area contributed by atoms with Crippen LogP contribution in [0.1, 0.15) is 22.2 Å². The summed E-state index contributed by atoms with van der Waals surface area (Å²) in [4.78, 5) is 16.5. The monoisotopic (exact) mass is 438 g/mol. The Morgan fingerprint density at radius 3 is 2.63 bits per heavy atom. The summed E-state index contributed by atoms with van der Waals surface area (Å²) >= 11 is 3.21. The van der Waals surface area contributed by atoms with E-state index in [9.17, 15) is 9.18 Å². The largest absolute Gasteiger partial charge is 0.271 e. The Morgan fingerprint density at radius 2 is 1.90 bits per heavy atom. The van der Waals surface area contributed by atoms with Gasteiger partial charge in [-0.3, -0.25) is 4.79 Å². The van der Waals surface area contributed by atoms with Crippen molar-refractivity contribution in [3.63, 3.8) is 0 Å². The van der Waals surface area contributed by atoms with Crippen LogP contribution in [0.5, 0.6) is 0 Å². The van der Waals surface area contributed by atoms with Gasteiger partial charge in [0.05, 0.1) is 16.6 Å². The summed E-state index contributed by atoms with van der Waals surface area (Å²) in [6.07, 6.45) is 0.665. The molecule has 0 saturated heterocycles. The van der Waals surface area contributed by atoms with E-state index in [0.29, 0.717) is 17.8 Å². The van der Waals surface area contributed by atoms with Crippen LogP contribution in [0.3, 0.4) is 0 Å². The maximum atomic E-state index is 13.1. The fourth-order valence-corrected chi connectivity index (χ4v) is 4.79. The first-order chi connectivity index (χ1) is 14.7. The molecule has 150 valence electrons. The molecule has 0 aliphatic carbocycles. The van der Waals surface area contributed by atoms with Gasteiger partial charge in [0.25, 0.3) is 5.91 Å². The topological polar surface area (TPSA) is 76.3 Å². The molecule has 5 rings (SSSR count). The Morgan fingerprint density at radius 1 is 1.10 bits per heavy atom. The van der Waals surface area contributed by atoms with Crippen LogP contribution in [0, 0.1) is 5.82 Å². The van der Waals surface area contributed by atoms with Gasteiger partial charge < -0.3 is 0 Å². The normalized spacial score (nSPS) is 16.1. The number of halogens is 1. The molecule has 0 bridgehead atoms. The molecule has 30 heavy (non-hydrogen) atoms. The third kappa shape index (κ3) is 3.66. The molecule has 0 fully saturated rings. The van der Waals surface area contributed by atoms with Gasteiger partial charge in [-0.2, -0.15) is 9.90 Å². The lowest BCUT2D eigenvalue weighted by atomic mass is 10.1. The summed E-state index contributed by atoms with van der Waals surface area (Å²) < 4.78 is 13.1. The smallest absolute Gasteiger partial charge is 0.266 e. The molecule has 4 heterocycles. The van der Waals surface area contributed by atoms with E-state index in [4.69, 9.17) is 0 Å². The number of hydrogen-bond acceptors (Lipinski definition) is 7. The Bertz CT molecular complexity index is 1180. The van der Waals surface area contributed by atoms with E-state index >= 15 is 0 Å². The van der Waals surface area contributed by atoms with Crippen molar-refractivity contribution in [2.24, 2.45) is 5.10 Å². The zero-order valence-corrected chi connectivity index (χ0v) is 17.2. The third-order valence-electron chi connectivity index (χ3n) is 4.68. The highest BCUT2D eigenvalue weighted by atomic mass is 32.1. The number of carbonyl (C=O) groups is 1. The lowest BCUT2D eigenvalue weighted by Gasteiger charge is -2.20. The van der Waals surface area contributed by atoms with Crippen molar-refractivity contribution in [1.29, 1.82) is 0 Å². The van der Waals surface area contributed by atoms with Crippen molar-refractivity contribution in [2.45, 2.75) is 19.0 Å². The van der Waals surface area contributed by atoms with Crippen molar-refractivity contribution in [1.82, 2.24) is 25.2 Å². The zero-order chi connectivity index (χ0) is 20.5. The molecule has 1 atom stereocenters. The fraction of sp³-hybridized carbons (Fsp3) is 0.150. The second kappa shape index (κ2) is 7.88. The van der Waals surface area contributed by atoms with Crippen LogP contribution in [0.25, 0.3) is 11.4 Å². The number of amides is 1. The van der Waals surface area contributed by atoms with E-state index < -0.39 is 0 Å². The highest BCUT2D eigenvalue weighted by Crippen LogP contribution is 2.36. The molecule has 1 amide bonds. The molecule has 1 aromatic carbocycles. The van der Waals surface area contributed by atoms with E-state index in [1.807, 2.05) is 35.0 Å². The van der Waals surface area contributed by atoms with Gasteiger partial charge in [0, 0.05) is 16.9 Å². The number of thiophene rings is 2. The number of nitrogens with zero attached hydrogens (tertiary/aromatic N) is 6. The molecule has 1 unspecified atom stereocenters. The number of carbonyl (C=O) groups excluding carboxylic acids is 1. The van der Waals surface area contributed by atoms with E-state index in [-0.39, 0.29) is 24.3 Å². The molecule has 4 aromatic rings. The minimum Gasteiger partial charge on any atom is -0.271 e. The molecule has 0 saturated carbocycles. The van der Waals surface area contributed by atoms with Gasteiger partial charge in [-0.15, -0.1) is 32.9 Å². The summed E-state index contributed by atoms with van der Waals surface area (Å²) in [7, 11) is 0. The molecular weight excluding hydrogens is 423 g/mol. The summed E-state index contributed by atoms with van der Waals surface area (Å²) in [6.45, 7) is -0.0860. The van der Waals surface area contributed by atoms with Gasteiger partial charge in [0.1, 0.15) is 12.4 Å². The number of benzene rings is 1. The first-order valence-corrected chi connectivity index (χ1v) is 10.9. The Hall–Kier alpha value is -3.24. The molecule has 0 radical (unpaired) electrons. The second-order valence-electron chi connectivity index (χ2n) is 6.65. The van der Waals surface area contributed by atoms with Crippen molar-refractivity contribution >= 4 is 34.3 Å². The molecule has 0 spiro atoms. The average molecular weight is 439 g/mol. The Balaban J connectivity index is 1.38. The van der Waals surface area contributed by atoms with Gasteiger partial charge in [-0.1, -0.05) is 12.1 Å². The molecule has 0 N–H and O–H groups in total.